The van der Waals surface area contributed by atoms with Crippen molar-refractivity contribution < 1.29 is 9.47 Å². The number of hydrogen-bond donors (Lipinski definition) is 0. The lowest BCUT2D eigenvalue weighted by molar-refractivity contribution is -0.271. The zero-order valence-electron chi connectivity index (χ0n) is 7.71. The van der Waals surface area contributed by atoms with Crippen molar-refractivity contribution in [2.45, 2.75) is 43.8 Å². The highest BCUT2D eigenvalue weighted by molar-refractivity contribution is 8.00. The Bertz CT molecular complexity index is 170. The Labute approximate surface area is 78.0 Å². The predicted molar refractivity (Wildman–Crippen MR) is 50.4 cm³/mol. The topological polar surface area (TPSA) is 18.5 Å². The van der Waals surface area contributed by atoms with E-state index in [-0.39, 0.29) is 5.79 Å². The Morgan fingerprint density at radius 2 is 2.25 bits per heavy atom. The van der Waals surface area contributed by atoms with Crippen LogP contribution in [0.2, 0.25) is 0 Å². The Morgan fingerprint density at radius 1 is 1.42 bits per heavy atom. The van der Waals surface area contributed by atoms with E-state index in [4.69, 9.17) is 9.47 Å². The van der Waals surface area contributed by atoms with Crippen molar-refractivity contribution in [3.05, 3.63) is 0 Å². The van der Waals surface area contributed by atoms with Crippen LogP contribution in [0.15, 0.2) is 0 Å². The predicted octanol–water partition coefficient (Wildman–Crippen LogP) is 2.03. The van der Waals surface area contributed by atoms with Gasteiger partial charge in [0.1, 0.15) is 0 Å². The van der Waals surface area contributed by atoms with Gasteiger partial charge in [-0.25, -0.2) is 0 Å². The van der Waals surface area contributed by atoms with E-state index in [1.165, 1.54) is 18.6 Å². The van der Waals surface area contributed by atoms with Crippen molar-refractivity contribution in [3.8, 4) is 0 Å². The average Bonchev–Trinajstić information content (AvgIpc) is 2.02. The molecule has 0 spiro atoms. The fourth-order valence-corrected chi connectivity index (χ4v) is 2.99. The molecule has 2 aliphatic heterocycles. The first-order valence-electron chi connectivity index (χ1n) is 4.61. The molecule has 0 aliphatic carbocycles. The van der Waals surface area contributed by atoms with Crippen LogP contribution in [0.25, 0.3) is 0 Å². The third kappa shape index (κ3) is 1.78. The van der Waals surface area contributed by atoms with Gasteiger partial charge in [0.2, 0.25) is 0 Å². The summed E-state index contributed by atoms with van der Waals surface area (Å²) in [6.45, 7) is 4.87. The van der Waals surface area contributed by atoms with Crippen LogP contribution in [0.4, 0.5) is 0 Å². The zero-order valence-corrected chi connectivity index (χ0v) is 8.52. The maximum Gasteiger partial charge on any atom is 0.163 e. The van der Waals surface area contributed by atoms with Crippen molar-refractivity contribution in [2.75, 3.05) is 12.4 Å². The van der Waals surface area contributed by atoms with E-state index in [0.717, 1.165) is 6.61 Å². The van der Waals surface area contributed by atoms with Crippen molar-refractivity contribution in [1.29, 1.82) is 0 Å². The van der Waals surface area contributed by atoms with Gasteiger partial charge in [0.05, 0.1) is 18.0 Å². The van der Waals surface area contributed by atoms with E-state index >= 15 is 0 Å². The molecule has 2 saturated heterocycles. The molecule has 0 aromatic carbocycles. The van der Waals surface area contributed by atoms with Crippen LogP contribution < -0.4 is 0 Å². The van der Waals surface area contributed by atoms with E-state index in [1.807, 2.05) is 25.6 Å². The summed E-state index contributed by atoms with van der Waals surface area (Å²) in [5, 5.41) is 0.590. The van der Waals surface area contributed by atoms with Crippen LogP contribution in [0.1, 0.15) is 26.7 Å². The van der Waals surface area contributed by atoms with Gasteiger partial charge in [0.15, 0.2) is 5.79 Å². The maximum atomic E-state index is 5.83. The van der Waals surface area contributed by atoms with Crippen molar-refractivity contribution in [1.82, 2.24) is 0 Å². The molecule has 12 heavy (non-hydrogen) atoms. The summed E-state index contributed by atoms with van der Waals surface area (Å²) in [5.74, 6) is 0.924. The van der Waals surface area contributed by atoms with E-state index in [9.17, 15) is 0 Å². The molecular formula is C9H16O2S. The Hall–Kier alpha value is 0.270. The summed E-state index contributed by atoms with van der Waals surface area (Å²) >= 11 is 2.00. The van der Waals surface area contributed by atoms with Crippen LogP contribution in [0.3, 0.4) is 0 Å². The molecule has 70 valence electrons. The number of hydrogen-bond acceptors (Lipinski definition) is 3. The van der Waals surface area contributed by atoms with Gasteiger partial charge in [-0.15, -0.1) is 0 Å². The number of rotatable bonds is 0. The lowest BCUT2D eigenvalue weighted by Gasteiger charge is -2.42. The van der Waals surface area contributed by atoms with E-state index in [2.05, 4.69) is 0 Å². The third-order valence-corrected chi connectivity index (χ3v) is 3.80. The van der Waals surface area contributed by atoms with Gasteiger partial charge >= 0.3 is 0 Å². The van der Waals surface area contributed by atoms with Crippen LogP contribution in [0, 0.1) is 0 Å². The molecule has 0 aromatic heterocycles. The molecule has 2 rings (SSSR count). The lowest BCUT2D eigenvalue weighted by Crippen LogP contribution is -2.48. The maximum absolute atomic E-state index is 5.83. The second kappa shape index (κ2) is 3.20. The first kappa shape index (κ1) is 8.85. The summed E-state index contributed by atoms with van der Waals surface area (Å²) in [7, 11) is 0. The third-order valence-electron chi connectivity index (χ3n) is 2.41. The van der Waals surface area contributed by atoms with E-state index in [0.29, 0.717) is 11.4 Å². The van der Waals surface area contributed by atoms with Crippen LogP contribution in [-0.2, 0) is 9.47 Å². The standard InChI is InChI=1S/C9H16O2S/c1-9(2)10-6-8-7(11-9)4-3-5-12-8/h7-8H,3-6H2,1-2H3/t7-,8-/m0/s1. The molecule has 0 aromatic rings. The molecule has 0 unspecified atom stereocenters. The second-order valence-electron chi connectivity index (χ2n) is 3.92. The molecule has 0 radical (unpaired) electrons. The summed E-state index contributed by atoms with van der Waals surface area (Å²) in [6, 6.07) is 0. The van der Waals surface area contributed by atoms with Gasteiger partial charge in [-0.05, 0) is 32.4 Å². The number of fused-ring (bicyclic) bond motifs is 1. The fraction of sp³-hybridized carbons (Fsp3) is 1.00. The van der Waals surface area contributed by atoms with Gasteiger partial charge in [-0.1, -0.05) is 0 Å². The average molecular weight is 188 g/mol. The Kier molecular flexibility index (Phi) is 2.36. The Morgan fingerprint density at radius 3 is 3.08 bits per heavy atom. The van der Waals surface area contributed by atoms with Crippen molar-refractivity contribution >= 4 is 11.8 Å². The largest absolute Gasteiger partial charge is 0.349 e. The fourth-order valence-electron chi connectivity index (χ4n) is 1.78. The highest BCUT2D eigenvalue weighted by Gasteiger charge is 2.37. The van der Waals surface area contributed by atoms with Gasteiger partial charge in [0, 0.05) is 0 Å². The minimum atomic E-state index is -0.348. The smallest absolute Gasteiger partial charge is 0.163 e. The van der Waals surface area contributed by atoms with Gasteiger partial charge in [-0.3, -0.25) is 0 Å². The Balaban J connectivity index is 1.99. The van der Waals surface area contributed by atoms with Crippen LogP contribution in [0.5, 0.6) is 0 Å². The van der Waals surface area contributed by atoms with Crippen LogP contribution in [-0.4, -0.2) is 29.5 Å². The summed E-state index contributed by atoms with van der Waals surface area (Å²) in [4.78, 5) is 0. The summed E-state index contributed by atoms with van der Waals surface area (Å²) in [6.07, 6.45) is 2.94. The molecule has 2 aliphatic rings. The molecule has 2 atom stereocenters. The molecule has 0 saturated carbocycles. The van der Waals surface area contributed by atoms with Crippen LogP contribution >= 0.6 is 11.8 Å². The number of ether oxygens (including phenoxy) is 2. The quantitative estimate of drug-likeness (QED) is 0.579. The normalized spacial score (nSPS) is 40.5. The molecule has 3 heteroatoms. The van der Waals surface area contributed by atoms with E-state index in [1.54, 1.807) is 0 Å². The van der Waals surface area contributed by atoms with Gasteiger partial charge < -0.3 is 9.47 Å². The summed E-state index contributed by atoms with van der Waals surface area (Å²) in [5.41, 5.74) is 0. The second-order valence-corrected chi connectivity index (χ2v) is 5.27. The minimum absolute atomic E-state index is 0.348. The number of thioether (sulfide) groups is 1. The van der Waals surface area contributed by atoms with Crippen molar-refractivity contribution in [2.24, 2.45) is 0 Å². The molecule has 2 heterocycles. The molecule has 2 fully saturated rings. The minimum Gasteiger partial charge on any atom is -0.349 e. The zero-order chi connectivity index (χ0) is 8.60. The van der Waals surface area contributed by atoms with E-state index < -0.39 is 0 Å². The molecule has 2 nitrogen and oxygen atoms in total. The molecule has 0 bridgehead atoms. The summed E-state index contributed by atoms with van der Waals surface area (Å²) < 4.78 is 11.4. The highest BCUT2D eigenvalue weighted by atomic mass is 32.2. The monoisotopic (exact) mass is 188 g/mol. The van der Waals surface area contributed by atoms with Gasteiger partial charge in [0.25, 0.3) is 0 Å². The molecule has 0 amide bonds. The van der Waals surface area contributed by atoms with Crippen molar-refractivity contribution in [3.63, 3.8) is 0 Å². The first-order chi connectivity index (χ1) is 5.67. The highest BCUT2D eigenvalue weighted by Crippen LogP contribution is 2.35. The molecular weight excluding hydrogens is 172 g/mol. The lowest BCUT2D eigenvalue weighted by atomic mass is 10.1. The van der Waals surface area contributed by atoms with Gasteiger partial charge in [-0.2, -0.15) is 11.8 Å². The first-order valence-corrected chi connectivity index (χ1v) is 5.66. The molecule has 0 N–H and O–H groups in total. The SMILES string of the molecule is CC1(C)OC[C@@H]2SCCC[C@@H]2O1.